The lowest BCUT2D eigenvalue weighted by Gasteiger charge is -2.18. The Labute approximate surface area is 210 Å². The van der Waals surface area contributed by atoms with Gasteiger partial charge in [0.15, 0.2) is 6.10 Å². The minimum Gasteiger partial charge on any atom is -0.494 e. The average Bonchev–Trinajstić information content (AvgIpc) is 3.20. The SMILES string of the molecule is CCOc1ccc(CC(OC(C)C)C(=O)O)cc1CNC(=O)c1nc(-c2ccc(C)cc2)sc1C. The van der Waals surface area contributed by atoms with Crippen LogP contribution in [0.2, 0.25) is 0 Å². The predicted molar refractivity (Wildman–Crippen MR) is 137 cm³/mol. The maximum Gasteiger partial charge on any atom is 0.333 e. The minimum atomic E-state index is -1.01. The Balaban J connectivity index is 1.76. The predicted octanol–water partition coefficient (Wildman–Crippen LogP) is 5.18. The van der Waals surface area contributed by atoms with Gasteiger partial charge in [-0.15, -0.1) is 11.3 Å². The molecule has 8 heteroatoms. The average molecular weight is 497 g/mol. The Morgan fingerprint density at radius 2 is 1.83 bits per heavy atom. The molecule has 0 bridgehead atoms. The van der Waals surface area contributed by atoms with Crippen molar-refractivity contribution in [3.8, 4) is 16.3 Å². The smallest absolute Gasteiger partial charge is 0.333 e. The van der Waals surface area contributed by atoms with Crippen LogP contribution in [-0.4, -0.2) is 40.8 Å². The largest absolute Gasteiger partial charge is 0.494 e. The van der Waals surface area contributed by atoms with E-state index in [0.29, 0.717) is 18.1 Å². The molecular formula is C27H32N2O5S. The highest BCUT2D eigenvalue weighted by atomic mass is 32.1. The lowest BCUT2D eigenvalue weighted by atomic mass is 10.0. The highest BCUT2D eigenvalue weighted by Crippen LogP contribution is 2.28. The van der Waals surface area contributed by atoms with Gasteiger partial charge in [0.25, 0.3) is 5.91 Å². The van der Waals surface area contributed by atoms with Crippen LogP contribution in [0.15, 0.2) is 42.5 Å². The number of nitrogens with one attached hydrogen (secondary N) is 1. The van der Waals surface area contributed by atoms with Crippen molar-refractivity contribution in [2.45, 2.75) is 59.8 Å². The first-order valence-electron chi connectivity index (χ1n) is 11.6. The zero-order valence-corrected chi connectivity index (χ0v) is 21.6. The lowest BCUT2D eigenvalue weighted by molar-refractivity contribution is -0.153. The van der Waals surface area contributed by atoms with E-state index in [1.54, 1.807) is 19.9 Å². The Hall–Kier alpha value is -3.23. The van der Waals surface area contributed by atoms with E-state index >= 15 is 0 Å². The molecule has 0 spiro atoms. The van der Waals surface area contributed by atoms with Crippen molar-refractivity contribution >= 4 is 23.2 Å². The van der Waals surface area contributed by atoms with Gasteiger partial charge in [-0.1, -0.05) is 42.0 Å². The van der Waals surface area contributed by atoms with Gasteiger partial charge in [-0.3, -0.25) is 4.79 Å². The van der Waals surface area contributed by atoms with Crippen molar-refractivity contribution < 1.29 is 24.2 Å². The van der Waals surface area contributed by atoms with Gasteiger partial charge < -0.3 is 19.9 Å². The summed E-state index contributed by atoms with van der Waals surface area (Å²) >= 11 is 1.49. The standard InChI is InChI=1S/C27H32N2O5S/c1-6-33-22-12-9-19(14-23(27(31)32)34-16(2)3)13-21(22)15-28-25(30)24-18(5)35-26(29-24)20-10-7-17(4)8-11-20/h7-13,16,23H,6,14-15H2,1-5H3,(H,28,30)(H,31,32). The summed E-state index contributed by atoms with van der Waals surface area (Å²) in [6.07, 6.45) is -0.941. The third kappa shape index (κ3) is 7.13. The van der Waals surface area contributed by atoms with Crippen LogP contribution in [0.5, 0.6) is 5.75 Å². The van der Waals surface area contributed by atoms with E-state index in [2.05, 4.69) is 10.3 Å². The van der Waals surface area contributed by atoms with E-state index < -0.39 is 12.1 Å². The summed E-state index contributed by atoms with van der Waals surface area (Å²) in [5.41, 5.74) is 4.09. The van der Waals surface area contributed by atoms with Crippen LogP contribution in [0.4, 0.5) is 0 Å². The van der Waals surface area contributed by atoms with E-state index in [0.717, 1.165) is 32.1 Å². The van der Waals surface area contributed by atoms with Gasteiger partial charge >= 0.3 is 5.97 Å². The van der Waals surface area contributed by atoms with Crippen LogP contribution < -0.4 is 10.1 Å². The van der Waals surface area contributed by atoms with Gasteiger partial charge in [0.2, 0.25) is 0 Å². The molecule has 2 N–H and O–H groups in total. The number of carboxylic acids is 1. The molecule has 2 aromatic carbocycles. The molecule has 0 saturated carbocycles. The third-order valence-electron chi connectivity index (χ3n) is 5.31. The molecule has 1 aromatic heterocycles. The number of rotatable bonds is 11. The van der Waals surface area contributed by atoms with Gasteiger partial charge in [0, 0.05) is 29.0 Å². The molecule has 0 aliphatic heterocycles. The minimum absolute atomic E-state index is 0.205. The zero-order chi connectivity index (χ0) is 25.5. The van der Waals surface area contributed by atoms with Gasteiger partial charge in [0.05, 0.1) is 12.7 Å². The summed E-state index contributed by atoms with van der Waals surface area (Å²) < 4.78 is 11.3. The van der Waals surface area contributed by atoms with Crippen LogP contribution >= 0.6 is 11.3 Å². The number of thiazole rings is 1. The number of carbonyl (C=O) groups excluding carboxylic acids is 1. The summed E-state index contributed by atoms with van der Waals surface area (Å²) in [6, 6.07) is 13.5. The molecule has 0 aliphatic carbocycles. The molecule has 1 atom stereocenters. The summed E-state index contributed by atoms with van der Waals surface area (Å²) in [7, 11) is 0. The van der Waals surface area contributed by atoms with Gasteiger partial charge in [-0.05, 0) is 46.2 Å². The maximum atomic E-state index is 13.0. The molecule has 0 radical (unpaired) electrons. The number of hydrogen-bond donors (Lipinski definition) is 2. The highest BCUT2D eigenvalue weighted by Gasteiger charge is 2.21. The molecule has 3 aromatic rings. The number of aliphatic carboxylic acids is 1. The van der Waals surface area contributed by atoms with Crippen molar-refractivity contribution in [3.05, 3.63) is 69.7 Å². The number of aromatic nitrogens is 1. The van der Waals surface area contributed by atoms with Crippen LogP contribution in [0, 0.1) is 13.8 Å². The second-order valence-electron chi connectivity index (χ2n) is 8.56. The molecule has 1 amide bonds. The van der Waals surface area contributed by atoms with E-state index in [1.807, 2.05) is 57.2 Å². The second-order valence-corrected chi connectivity index (χ2v) is 9.77. The normalized spacial score (nSPS) is 11.9. The van der Waals surface area contributed by atoms with Gasteiger partial charge in [-0.2, -0.15) is 0 Å². The Morgan fingerprint density at radius 3 is 2.46 bits per heavy atom. The molecular weight excluding hydrogens is 464 g/mol. The number of carbonyl (C=O) groups is 2. The Bertz CT molecular complexity index is 1170. The fourth-order valence-electron chi connectivity index (χ4n) is 3.62. The molecule has 0 saturated heterocycles. The number of aryl methyl sites for hydroxylation is 2. The van der Waals surface area contributed by atoms with Crippen molar-refractivity contribution in [2.24, 2.45) is 0 Å². The van der Waals surface area contributed by atoms with Crippen molar-refractivity contribution in [3.63, 3.8) is 0 Å². The van der Waals surface area contributed by atoms with E-state index in [-0.39, 0.29) is 25.0 Å². The molecule has 0 aliphatic rings. The number of amides is 1. The lowest BCUT2D eigenvalue weighted by Crippen LogP contribution is -2.29. The topological polar surface area (TPSA) is 97.8 Å². The van der Waals surface area contributed by atoms with Crippen molar-refractivity contribution in [1.82, 2.24) is 10.3 Å². The first kappa shape index (κ1) is 26.4. The van der Waals surface area contributed by atoms with Gasteiger partial charge in [-0.25, -0.2) is 9.78 Å². The number of benzene rings is 2. The maximum absolute atomic E-state index is 13.0. The Kier molecular flexibility index (Phi) is 9.01. The molecule has 7 nitrogen and oxygen atoms in total. The Morgan fingerprint density at radius 1 is 1.11 bits per heavy atom. The number of hydrogen-bond acceptors (Lipinski definition) is 6. The van der Waals surface area contributed by atoms with Crippen molar-refractivity contribution in [1.29, 1.82) is 0 Å². The molecule has 0 fully saturated rings. The van der Waals surface area contributed by atoms with E-state index in [4.69, 9.17) is 9.47 Å². The quantitative estimate of drug-likeness (QED) is 0.380. The summed E-state index contributed by atoms with van der Waals surface area (Å²) in [5.74, 6) is -0.633. The second kappa shape index (κ2) is 12.0. The first-order chi connectivity index (χ1) is 16.7. The summed E-state index contributed by atoms with van der Waals surface area (Å²) in [6.45, 7) is 10.1. The summed E-state index contributed by atoms with van der Waals surface area (Å²) in [5, 5.41) is 13.2. The number of nitrogens with zero attached hydrogens (tertiary/aromatic N) is 1. The molecule has 35 heavy (non-hydrogen) atoms. The fraction of sp³-hybridized carbons (Fsp3) is 0.370. The van der Waals surface area contributed by atoms with Crippen LogP contribution in [0.25, 0.3) is 10.6 Å². The van der Waals surface area contributed by atoms with Crippen molar-refractivity contribution in [2.75, 3.05) is 6.61 Å². The third-order valence-corrected chi connectivity index (χ3v) is 6.33. The molecule has 3 rings (SSSR count). The molecule has 186 valence electrons. The fourth-order valence-corrected chi connectivity index (χ4v) is 4.53. The zero-order valence-electron chi connectivity index (χ0n) is 20.8. The van der Waals surface area contributed by atoms with Crippen LogP contribution in [-0.2, 0) is 22.5 Å². The van der Waals surface area contributed by atoms with Crippen LogP contribution in [0.1, 0.15) is 52.8 Å². The van der Waals surface area contributed by atoms with E-state index in [9.17, 15) is 14.7 Å². The number of ether oxygens (including phenoxy) is 2. The molecule has 1 unspecified atom stereocenters. The first-order valence-corrected chi connectivity index (χ1v) is 12.4. The monoisotopic (exact) mass is 496 g/mol. The molecule has 1 heterocycles. The van der Waals surface area contributed by atoms with Crippen LogP contribution in [0.3, 0.4) is 0 Å². The van der Waals surface area contributed by atoms with Gasteiger partial charge in [0.1, 0.15) is 16.5 Å². The van der Waals surface area contributed by atoms with E-state index in [1.165, 1.54) is 11.3 Å². The number of carboxylic acid groups (broad SMARTS) is 1. The summed E-state index contributed by atoms with van der Waals surface area (Å²) in [4.78, 5) is 30.0. The highest BCUT2D eigenvalue weighted by molar-refractivity contribution is 7.15.